The van der Waals surface area contributed by atoms with Crippen molar-refractivity contribution in [3.05, 3.63) is 55.4 Å². The molecule has 1 amide bonds. The molecule has 1 aliphatic heterocycles. The monoisotopic (exact) mass is 449 g/mol. The molecular weight excluding hydrogens is 422 g/mol. The number of morpholine rings is 1. The normalized spacial score (nSPS) is 14.0. The molecule has 33 heavy (non-hydrogen) atoms. The second kappa shape index (κ2) is 10.8. The molecule has 2 N–H and O–H groups in total. The molecule has 1 aliphatic rings. The third-order valence-corrected chi connectivity index (χ3v) is 5.29. The minimum Gasteiger partial charge on any atom is -0.493 e. The molecule has 0 bridgehead atoms. The average molecular weight is 450 g/mol. The van der Waals surface area contributed by atoms with Crippen molar-refractivity contribution in [2.45, 2.75) is 0 Å². The molecule has 0 unspecified atom stereocenters. The van der Waals surface area contributed by atoms with Gasteiger partial charge in [-0.25, -0.2) is 9.97 Å². The number of hydrogen-bond acceptors (Lipinski definition) is 8. The van der Waals surface area contributed by atoms with E-state index in [0.29, 0.717) is 29.6 Å². The van der Waals surface area contributed by atoms with Gasteiger partial charge in [0.25, 0.3) is 0 Å². The first-order valence-electron chi connectivity index (χ1n) is 10.7. The van der Waals surface area contributed by atoms with Gasteiger partial charge in [-0.1, -0.05) is 6.58 Å². The number of hydrogen-bond donors (Lipinski definition) is 2. The van der Waals surface area contributed by atoms with E-state index < -0.39 is 0 Å². The number of anilines is 3. The summed E-state index contributed by atoms with van der Waals surface area (Å²) in [5.74, 6) is 1.64. The van der Waals surface area contributed by atoms with Crippen molar-refractivity contribution in [3.63, 3.8) is 0 Å². The molecule has 0 aliphatic carbocycles. The first-order chi connectivity index (χ1) is 16.2. The molecule has 0 atom stereocenters. The largest absolute Gasteiger partial charge is 0.493 e. The van der Waals surface area contributed by atoms with Gasteiger partial charge in [0.1, 0.15) is 18.8 Å². The topological polar surface area (TPSA) is 97.8 Å². The van der Waals surface area contributed by atoms with Gasteiger partial charge < -0.3 is 24.8 Å². The second-order valence-corrected chi connectivity index (χ2v) is 7.44. The van der Waals surface area contributed by atoms with Crippen LogP contribution in [0.4, 0.5) is 17.2 Å². The van der Waals surface area contributed by atoms with E-state index in [1.807, 2.05) is 24.3 Å². The summed E-state index contributed by atoms with van der Waals surface area (Å²) >= 11 is 0. The summed E-state index contributed by atoms with van der Waals surface area (Å²) in [4.78, 5) is 22.6. The van der Waals surface area contributed by atoms with Crippen LogP contribution in [0.25, 0.3) is 10.9 Å². The van der Waals surface area contributed by atoms with E-state index in [4.69, 9.17) is 14.2 Å². The van der Waals surface area contributed by atoms with Gasteiger partial charge in [0.05, 0.1) is 25.8 Å². The standard InChI is InChI=1S/C24H27N5O4/c1-3-23(30)27-17-4-6-18(7-5-17)28-24-19-14-22(21(31-2)15-20(19)25-16-26-24)33-13-10-29-8-11-32-12-9-29/h3-7,14-16H,1,8-13H2,2H3,(H,27,30)(H,25,26,28). The van der Waals surface area contributed by atoms with Crippen molar-refractivity contribution in [2.75, 3.05) is 57.2 Å². The van der Waals surface area contributed by atoms with Crippen LogP contribution in [0, 0.1) is 0 Å². The second-order valence-electron chi connectivity index (χ2n) is 7.44. The van der Waals surface area contributed by atoms with Crippen molar-refractivity contribution in [2.24, 2.45) is 0 Å². The number of benzene rings is 2. The van der Waals surface area contributed by atoms with Gasteiger partial charge in [-0.05, 0) is 36.4 Å². The maximum Gasteiger partial charge on any atom is 0.247 e. The molecule has 0 spiro atoms. The Morgan fingerprint density at radius 2 is 1.91 bits per heavy atom. The lowest BCUT2D eigenvalue weighted by molar-refractivity contribution is -0.111. The molecule has 2 aromatic carbocycles. The maximum atomic E-state index is 11.5. The van der Waals surface area contributed by atoms with Crippen LogP contribution in [0.2, 0.25) is 0 Å². The molecule has 1 saturated heterocycles. The zero-order valence-corrected chi connectivity index (χ0v) is 18.5. The number of methoxy groups -OCH3 is 1. The molecule has 172 valence electrons. The zero-order valence-electron chi connectivity index (χ0n) is 18.5. The van der Waals surface area contributed by atoms with Crippen LogP contribution in [0.15, 0.2) is 55.4 Å². The Balaban J connectivity index is 1.51. The van der Waals surface area contributed by atoms with E-state index in [9.17, 15) is 4.79 Å². The van der Waals surface area contributed by atoms with Crippen LogP contribution < -0.4 is 20.1 Å². The van der Waals surface area contributed by atoms with Gasteiger partial charge in [0.2, 0.25) is 5.91 Å². The summed E-state index contributed by atoms with van der Waals surface area (Å²) < 4.78 is 17.0. The third-order valence-electron chi connectivity index (χ3n) is 5.29. The van der Waals surface area contributed by atoms with Crippen LogP contribution in [0.1, 0.15) is 0 Å². The number of nitrogens with one attached hydrogen (secondary N) is 2. The van der Waals surface area contributed by atoms with Crippen molar-refractivity contribution >= 4 is 34.0 Å². The van der Waals surface area contributed by atoms with Gasteiger partial charge in [-0.2, -0.15) is 0 Å². The fourth-order valence-corrected chi connectivity index (χ4v) is 3.51. The van der Waals surface area contributed by atoms with Gasteiger partial charge in [0, 0.05) is 42.5 Å². The first kappa shape index (κ1) is 22.5. The van der Waals surface area contributed by atoms with Crippen LogP contribution in [-0.4, -0.2) is 67.3 Å². The Labute approximate surface area is 192 Å². The molecular formula is C24H27N5O4. The van der Waals surface area contributed by atoms with Crippen molar-refractivity contribution < 1.29 is 19.0 Å². The highest BCUT2D eigenvalue weighted by molar-refractivity contribution is 5.99. The number of amides is 1. The molecule has 2 heterocycles. The number of aromatic nitrogens is 2. The summed E-state index contributed by atoms with van der Waals surface area (Å²) in [6.45, 7) is 8.15. The van der Waals surface area contributed by atoms with Gasteiger partial charge >= 0.3 is 0 Å². The lowest BCUT2D eigenvalue weighted by Crippen LogP contribution is -2.38. The molecule has 0 radical (unpaired) electrons. The number of ether oxygens (including phenoxy) is 3. The summed E-state index contributed by atoms with van der Waals surface area (Å²) in [5.41, 5.74) is 2.23. The Hall–Kier alpha value is -3.69. The maximum absolute atomic E-state index is 11.5. The lowest BCUT2D eigenvalue weighted by atomic mass is 10.2. The van der Waals surface area contributed by atoms with Crippen LogP contribution in [-0.2, 0) is 9.53 Å². The fraction of sp³-hybridized carbons (Fsp3) is 0.292. The number of carbonyl (C=O) groups excluding carboxylic acids is 1. The van der Waals surface area contributed by atoms with Gasteiger partial charge in [-0.3, -0.25) is 9.69 Å². The summed E-state index contributed by atoms with van der Waals surface area (Å²) in [6, 6.07) is 11.1. The molecule has 0 saturated carbocycles. The highest BCUT2D eigenvalue weighted by Crippen LogP contribution is 2.34. The smallest absolute Gasteiger partial charge is 0.247 e. The molecule has 9 nitrogen and oxygen atoms in total. The van der Waals surface area contributed by atoms with E-state index in [2.05, 4.69) is 32.1 Å². The van der Waals surface area contributed by atoms with Gasteiger partial charge in [0.15, 0.2) is 11.5 Å². The van der Waals surface area contributed by atoms with Crippen LogP contribution >= 0.6 is 0 Å². The highest BCUT2D eigenvalue weighted by Gasteiger charge is 2.14. The minimum absolute atomic E-state index is 0.257. The molecule has 9 heteroatoms. The Kier molecular flexibility index (Phi) is 7.33. The minimum atomic E-state index is -0.257. The zero-order chi connectivity index (χ0) is 23.0. The Morgan fingerprint density at radius 3 is 2.64 bits per heavy atom. The van der Waals surface area contributed by atoms with Crippen molar-refractivity contribution in [3.8, 4) is 11.5 Å². The fourth-order valence-electron chi connectivity index (χ4n) is 3.51. The SMILES string of the molecule is C=CC(=O)Nc1ccc(Nc2ncnc3cc(OC)c(OCCN4CCOCC4)cc23)cc1. The number of fused-ring (bicyclic) bond motifs is 1. The third kappa shape index (κ3) is 5.76. The number of rotatable bonds is 9. The molecule has 3 aromatic rings. The van der Waals surface area contributed by atoms with E-state index in [-0.39, 0.29) is 5.91 Å². The quantitative estimate of drug-likeness (QED) is 0.481. The predicted octanol–water partition coefficient (Wildman–Crippen LogP) is 3.22. The summed E-state index contributed by atoms with van der Waals surface area (Å²) in [6.07, 6.45) is 2.73. The van der Waals surface area contributed by atoms with Gasteiger partial charge in [-0.15, -0.1) is 0 Å². The summed E-state index contributed by atoms with van der Waals surface area (Å²) in [7, 11) is 1.61. The van der Waals surface area contributed by atoms with E-state index in [1.165, 1.54) is 12.4 Å². The first-order valence-corrected chi connectivity index (χ1v) is 10.7. The van der Waals surface area contributed by atoms with E-state index in [1.54, 1.807) is 19.2 Å². The number of carbonyl (C=O) groups is 1. The van der Waals surface area contributed by atoms with Crippen LogP contribution in [0.3, 0.4) is 0 Å². The van der Waals surface area contributed by atoms with Crippen molar-refractivity contribution in [1.29, 1.82) is 0 Å². The van der Waals surface area contributed by atoms with E-state index in [0.717, 1.165) is 49.4 Å². The summed E-state index contributed by atoms with van der Waals surface area (Å²) in [5, 5.41) is 6.84. The highest BCUT2D eigenvalue weighted by atomic mass is 16.5. The number of nitrogens with zero attached hydrogens (tertiary/aromatic N) is 3. The Bertz CT molecular complexity index is 1110. The predicted molar refractivity (Wildman–Crippen MR) is 127 cm³/mol. The van der Waals surface area contributed by atoms with Crippen molar-refractivity contribution in [1.82, 2.24) is 14.9 Å². The average Bonchev–Trinajstić information content (AvgIpc) is 2.85. The molecule has 4 rings (SSSR count). The molecule has 1 aromatic heterocycles. The Morgan fingerprint density at radius 1 is 1.15 bits per heavy atom. The van der Waals surface area contributed by atoms with E-state index >= 15 is 0 Å². The van der Waals surface area contributed by atoms with Crippen LogP contribution in [0.5, 0.6) is 11.5 Å². The lowest BCUT2D eigenvalue weighted by Gasteiger charge is -2.26. The molecule has 1 fully saturated rings.